The number of allylic oxidation sites excluding steroid dienone is 4. The molecule has 2 heterocycles. The minimum absolute atomic E-state index is 0.0767. The van der Waals surface area contributed by atoms with Gasteiger partial charge in [0.1, 0.15) is 24.2 Å². The second-order valence-corrected chi connectivity index (χ2v) is 20.6. The van der Waals surface area contributed by atoms with E-state index in [0.29, 0.717) is 37.3 Å². The first-order chi connectivity index (χ1) is 34.1. The van der Waals surface area contributed by atoms with Crippen LogP contribution >= 0.6 is 0 Å². The van der Waals surface area contributed by atoms with Gasteiger partial charge >= 0.3 is 12.2 Å². The number of benzene rings is 3. The number of methoxy groups -OCH3 is 4. The van der Waals surface area contributed by atoms with Crippen LogP contribution in [0.15, 0.2) is 84.0 Å². The Morgan fingerprint density at radius 3 is 1.56 bits per heavy atom. The van der Waals surface area contributed by atoms with E-state index in [-0.39, 0.29) is 34.5 Å². The third kappa shape index (κ3) is 10.6. The number of likely N-dealkylation sites (tertiary alicyclic amines) is 2. The molecule has 2 spiro atoms. The van der Waals surface area contributed by atoms with Crippen molar-refractivity contribution in [3.05, 3.63) is 101 Å². The quantitative estimate of drug-likeness (QED) is 0.129. The summed E-state index contributed by atoms with van der Waals surface area (Å²) in [5.74, 6) is -1.25. The third-order valence-electron chi connectivity index (χ3n) is 15.9. The van der Waals surface area contributed by atoms with Crippen molar-refractivity contribution in [2.75, 3.05) is 52.2 Å². The Bertz CT molecular complexity index is 2640. The Morgan fingerprint density at radius 2 is 1.10 bits per heavy atom. The number of hydrogen-bond donors (Lipinski definition) is 4. The summed E-state index contributed by atoms with van der Waals surface area (Å²) in [4.78, 5) is 83.2. The molecule has 0 aromatic heterocycles. The van der Waals surface area contributed by atoms with E-state index < -0.39 is 48.6 Å². The van der Waals surface area contributed by atoms with Crippen molar-refractivity contribution in [2.24, 2.45) is 10.8 Å². The molecule has 4 fully saturated rings. The van der Waals surface area contributed by atoms with Gasteiger partial charge < -0.3 is 50.0 Å². The summed E-state index contributed by atoms with van der Waals surface area (Å²) in [6.45, 7) is 4.31. The molecule has 16 nitrogen and oxygen atoms in total. The van der Waals surface area contributed by atoms with E-state index in [0.717, 1.165) is 68.9 Å². The van der Waals surface area contributed by atoms with Crippen LogP contribution in [0.25, 0.3) is 16.7 Å². The molecule has 16 heteroatoms. The van der Waals surface area contributed by atoms with Gasteiger partial charge in [-0.2, -0.15) is 0 Å². The molecule has 2 saturated carbocycles. The summed E-state index contributed by atoms with van der Waals surface area (Å²) >= 11 is 0. The van der Waals surface area contributed by atoms with Crippen molar-refractivity contribution in [3.8, 4) is 11.1 Å². The zero-order valence-corrected chi connectivity index (χ0v) is 41.6. The number of rotatable bonds is 14. The number of hydrogen-bond acceptors (Lipinski definition) is 10. The van der Waals surface area contributed by atoms with Crippen LogP contribution in [-0.2, 0) is 51.0 Å². The fraction of sp³-hybridized carbons (Fsp3) is 0.491. The maximum Gasteiger partial charge on any atom is 0.407 e. The molecule has 6 amide bonds. The van der Waals surface area contributed by atoms with Crippen molar-refractivity contribution in [2.45, 2.75) is 121 Å². The van der Waals surface area contributed by atoms with Crippen molar-refractivity contribution in [3.63, 3.8) is 0 Å². The van der Waals surface area contributed by atoms with Gasteiger partial charge in [0.2, 0.25) is 23.6 Å². The van der Waals surface area contributed by atoms with Crippen LogP contribution in [0.3, 0.4) is 0 Å². The molecule has 376 valence electrons. The van der Waals surface area contributed by atoms with Gasteiger partial charge in [-0.05, 0) is 153 Å². The van der Waals surface area contributed by atoms with E-state index in [9.17, 15) is 28.8 Å². The van der Waals surface area contributed by atoms with Gasteiger partial charge in [-0.3, -0.25) is 19.2 Å². The maximum absolute atomic E-state index is 13.9. The minimum atomic E-state index is -1.01. The van der Waals surface area contributed by atoms with Crippen LogP contribution in [0, 0.1) is 10.8 Å². The molecule has 3 aromatic carbocycles. The summed E-state index contributed by atoms with van der Waals surface area (Å²) in [6, 6.07) is 19.3. The fourth-order valence-electron chi connectivity index (χ4n) is 11.1. The molecule has 2 aliphatic heterocycles. The Labute approximate surface area is 415 Å². The van der Waals surface area contributed by atoms with Crippen molar-refractivity contribution < 1.29 is 47.7 Å². The smallest absolute Gasteiger partial charge is 0.407 e. The SMILES string of the molecule is COC(=O)NC(C(=O)N1CC2(CC2)C[C@H]1C(=O)Nc1ccc(-c2cc3ccc2CCC2=CC(c4ccc(NC(=O)[C@@H]5CC6(CC6)CN5C(=O)[C@@H](NC(=O)OC)[C@@H](C)OC)cc4)=C(CC3)C2)cc1)[C@H](C)OC. The van der Waals surface area contributed by atoms with Crippen LogP contribution in [0.2, 0.25) is 0 Å². The van der Waals surface area contributed by atoms with E-state index in [1.807, 2.05) is 36.4 Å². The van der Waals surface area contributed by atoms with Gasteiger partial charge in [0.05, 0.1) is 26.4 Å². The highest BCUT2D eigenvalue weighted by Gasteiger charge is 2.57. The average Bonchev–Trinajstić information content (AvgIpc) is 4.18. The Kier molecular flexibility index (Phi) is 14.1. The average molecular weight is 971 g/mol. The predicted octanol–water partition coefficient (Wildman–Crippen LogP) is 7.17. The van der Waals surface area contributed by atoms with Crippen LogP contribution in [0.1, 0.15) is 88.3 Å². The molecular formula is C55H66N6O10. The van der Waals surface area contributed by atoms with Gasteiger partial charge in [-0.1, -0.05) is 59.7 Å². The molecule has 0 radical (unpaired) electrons. The standard InChI is InChI=1S/C55H66N6O10/c1-32(68-3)46(58-52(66)70-5)50(64)60-30-54(21-22-54)28-44(60)48(62)56-40-17-13-37(14-18-40)42-26-34-7-10-36(42)11-9-35-25-39(12-8-34)43(27-35)38-15-19-41(20-16-38)57-49(63)45-29-55(23-24-55)31-61(45)51(65)47(33(2)69-4)59-53(67)71-6/h7,10,13-20,26-27,32-33,44-47H,8-9,11-12,21-25,28-31H2,1-6H3,(H,56,62)(H,57,63)(H,58,66)(H,59,67)/t32-,33+,44-,45-,46?,47-/m0/s1. The lowest BCUT2D eigenvalue weighted by Crippen LogP contribution is -2.56. The Morgan fingerprint density at radius 1 is 0.606 bits per heavy atom. The summed E-state index contributed by atoms with van der Waals surface area (Å²) < 4.78 is 20.4. The predicted molar refractivity (Wildman–Crippen MR) is 267 cm³/mol. The van der Waals surface area contributed by atoms with E-state index in [1.165, 1.54) is 61.8 Å². The molecule has 71 heavy (non-hydrogen) atoms. The van der Waals surface area contributed by atoms with Gasteiger partial charge in [0.15, 0.2) is 0 Å². The Balaban J connectivity index is 0.847. The second-order valence-electron chi connectivity index (χ2n) is 20.6. The zero-order valence-electron chi connectivity index (χ0n) is 41.6. The van der Waals surface area contributed by atoms with Crippen LogP contribution in [-0.4, -0.2) is 124 Å². The number of nitrogens with zero attached hydrogens (tertiary/aromatic N) is 2. The van der Waals surface area contributed by atoms with E-state index in [1.54, 1.807) is 23.6 Å². The largest absolute Gasteiger partial charge is 0.453 e. The minimum Gasteiger partial charge on any atom is -0.453 e. The monoisotopic (exact) mass is 970 g/mol. The highest BCUT2D eigenvalue weighted by molar-refractivity contribution is 6.00. The number of aryl methyl sites for hydroxylation is 2. The van der Waals surface area contributed by atoms with E-state index in [2.05, 4.69) is 57.7 Å². The number of carbonyl (C=O) groups is 6. The number of nitrogens with one attached hydrogen (secondary N) is 4. The first-order valence-electron chi connectivity index (χ1n) is 24.9. The molecule has 4 N–H and O–H groups in total. The summed E-state index contributed by atoms with van der Waals surface area (Å²) in [5.41, 5.74) is 10.9. The van der Waals surface area contributed by atoms with E-state index >= 15 is 0 Å². The maximum atomic E-state index is 13.9. The number of carbonyl (C=O) groups excluding carboxylic acids is 6. The highest BCUT2D eigenvalue weighted by atomic mass is 16.5. The van der Waals surface area contributed by atoms with E-state index in [4.69, 9.17) is 18.9 Å². The fourth-order valence-corrected chi connectivity index (χ4v) is 11.1. The number of amides is 6. The lowest BCUT2D eigenvalue weighted by atomic mass is 9.92. The molecule has 5 aliphatic carbocycles. The number of anilines is 2. The first-order valence-corrected chi connectivity index (χ1v) is 24.9. The van der Waals surface area contributed by atoms with Crippen molar-refractivity contribution in [1.82, 2.24) is 20.4 Å². The van der Waals surface area contributed by atoms with Gasteiger partial charge in [-0.15, -0.1) is 0 Å². The number of alkyl carbamates (subject to hydrolysis) is 2. The molecule has 1 unspecified atom stereocenters. The zero-order chi connectivity index (χ0) is 50.2. The molecule has 7 aliphatic rings. The van der Waals surface area contributed by atoms with Crippen LogP contribution in [0.5, 0.6) is 0 Å². The molecule has 2 saturated heterocycles. The Hall–Kier alpha value is -6.52. The molecular weight excluding hydrogens is 905 g/mol. The summed E-state index contributed by atoms with van der Waals surface area (Å²) in [6.07, 6.45) is 8.94. The molecule has 4 bridgehead atoms. The van der Waals surface area contributed by atoms with Crippen molar-refractivity contribution in [1.29, 1.82) is 0 Å². The topological polar surface area (TPSA) is 194 Å². The summed E-state index contributed by atoms with van der Waals surface area (Å²) in [5, 5.41) is 11.4. The van der Waals surface area contributed by atoms with Gasteiger partial charge in [-0.25, -0.2) is 9.59 Å². The lowest BCUT2D eigenvalue weighted by molar-refractivity contribution is -0.141. The van der Waals surface area contributed by atoms with Crippen LogP contribution < -0.4 is 21.3 Å². The first kappa shape index (κ1) is 49.5. The van der Waals surface area contributed by atoms with Crippen LogP contribution in [0.4, 0.5) is 21.0 Å². The molecule has 3 aromatic rings. The lowest BCUT2D eigenvalue weighted by Gasteiger charge is -2.30. The van der Waals surface area contributed by atoms with Crippen molar-refractivity contribution >= 4 is 52.8 Å². The summed E-state index contributed by atoms with van der Waals surface area (Å²) in [7, 11) is 5.42. The second kappa shape index (κ2) is 20.3. The third-order valence-corrected chi connectivity index (χ3v) is 15.9. The van der Waals surface area contributed by atoms with Gasteiger partial charge in [0, 0.05) is 38.7 Å². The van der Waals surface area contributed by atoms with Gasteiger partial charge in [0.25, 0.3) is 0 Å². The number of fused-ring (bicyclic) bond motifs is 4. The molecule has 6 atom stereocenters. The highest BCUT2D eigenvalue weighted by Crippen LogP contribution is 2.56. The number of ether oxygens (including phenoxy) is 4. The molecule has 10 rings (SSSR count). The normalized spacial score (nSPS) is 21.9.